The van der Waals surface area contributed by atoms with Gasteiger partial charge < -0.3 is 15.0 Å². The second-order valence-corrected chi connectivity index (χ2v) is 5.71. The van der Waals surface area contributed by atoms with E-state index in [1.54, 1.807) is 0 Å². The summed E-state index contributed by atoms with van der Waals surface area (Å²) in [5.74, 6) is 0.00791. The van der Waals surface area contributed by atoms with E-state index in [2.05, 4.69) is 24.1 Å². The lowest BCUT2D eigenvalue weighted by molar-refractivity contribution is -0.126. The Kier molecular flexibility index (Phi) is 9.52. The molecule has 1 unspecified atom stereocenters. The van der Waals surface area contributed by atoms with Crippen molar-refractivity contribution in [3.8, 4) is 0 Å². The van der Waals surface area contributed by atoms with Crippen LogP contribution in [0.4, 0.5) is 0 Å². The van der Waals surface area contributed by atoms with E-state index in [1.807, 2.05) is 49.3 Å². The predicted molar refractivity (Wildman–Crippen MR) is 94.5 cm³/mol. The maximum Gasteiger partial charge on any atom is 0.242 e. The van der Waals surface area contributed by atoms with Crippen molar-refractivity contribution in [2.45, 2.75) is 19.9 Å². The number of benzene rings is 1. The number of hydrogen-bond acceptors (Lipinski definition) is 4. The molecule has 5 nitrogen and oxygen atoms in total. The van der Waals surface area contributed by atoms with Crippen molar-refractivity contribution in [1.29, 1.82) is 0 Å². The van der Waals surface area contributed by atoms with Crippen LogP contribution in [0.15, 0.2) is 30.3 Å². The van der Waals surface area contributed by atoms with Crippen molar-refractivity contribution in [2.75, 3.05) is 53.5 Å². The molecule has 0 spiro atoms. The summed E-state index contributed by atoms with van der Waals surface area (Å²) in [6.07, 6.45) is 0. The molecule has 0 radical (unpaired) electrons. The second-order valence-electron chi connectivity index (χ2n) is 5.71. The fraction of sp³-hybridized carbons (Fsp3) is 0.611. The Labute approximate surface area is 140 Å². The number of carbonyl (C=O) groups excluding carboxylic acids is 1. The van der Waals surface area contributed by atoms with Crippen molar-refractivity contribution in [1.82, 2.24) is 15.1 Å². The molecule has 23 heavy (non-hydrogen) atoms. The van der Waals surface area contributed by atoms with E-state index in [0.717, 1.165) is 25.2 Å². The molecule has 0 bridgehead atoms. The Morgan fingerprint density at radius 1 is 1.13 bits per heavy atom. The summed E-state index contributed by atoms with van der Waals surface area (Å²) in [5, 5.41) is 2.96. The van der Waals surface area contributed by atoms with Gasteiger partial charge in [0.15, 0.2) is 0 Å². The van der Waals surface area contributed by atoms with Gasteiger partial charge in [-0.25, -0.2) is 0 Å². The highest BCUT2D eigenvalue weighted by molar-refractivity contribution is 5.83. The summed E-state index contributed by atoms with van der Waals surface area (Å²) >= 11 is 0. The third-order valence-electron chi connectivity index (χ3n) is 3.87. The number of carbonyl (C=O) groups is 1. The van der Waals surface area contributed by atoms with E-state index < -0.39 is 0 Å². The first-order chi connectivity index (χ1) is 11.1. The molecule has 0 aliphatic heterocycles. The quantitative estimate of drug-likeness (QED) is 0.631. The molecule has 1 atom stereocenters. The van der Waals surface area contributed by atoms with E-state index in [4.69, 9.17) is 4.74 Å². The minimum absolute atomic E-state index is 0.00791. The molecule has 1 aromatic rings. The minimum atomic E-state index is -0.271. The van der Waals surface area contributed by atoms with E-state index in [-0.39, 0.29) is 11.9 Å². The van der Waals surface area contributed by atoms with E-state index >= 15 is 0 Å². The van der Waals surface area contributed by atoms with Crippen molar-refractivity contribution >= 4 is 5.91 Å². The highest BCUT2D eigenvalue weighted by Gasteiger charge is 2.21. The zero-order chi connectivity index (χ0) is 17.1. The molecule has 0 saturated heterocycles. The van der Waals surface area contributed by atoms with Crippen LogP contribution in [-0.4, -0.2) is 69.2 Å². The van der Waals surface area contributed by atoms with Crippen LogP contribution in [0.3, 0.4) is 0 Å². The molecular formula is C18H31N3O2. The SMILES string of the molecule is CCN(CC)CCOCCNC(=O)C(c1ccccc1)N(C)C. The Bertz CT molecular complexity index is 433. The number of rotatable bonds is 11. The molecule has 0 aromatic heterocycles. The lowest BCUT2D eigenvalue weighted by atomic mass is 10.1. The zero-order valence-electron chi connectivity index (χ0n) is 14.9. The number of nitrogens with one attached hydrogen (secondary N) is 1. The Hall–Kier alpha value is -1.43. The smallest absolute Gasteiger partial charge is 0.242 e. The summed E-state index contributed by atoms with van der Waals surface area (Å²) in [7, 11) is 3.83. The average Bonchev–Trinajstić information content (AvgIpc) is 2.55. The lowest BCUT2D eigenvalue weighted by Gasteiger charge is -2.24. The molecule has 1 amide bonds. The first-order valence-electron chi connectivity index (χ1n) is 8.39. The third-order valence-corrected chi connectivity index (χ3v) is 3.87. The van der Waals surface area contributed by atoms with Crippen molar-refractivity contribution in [3.63, 3.8) is 0 Å². The molecule has 0 aliphatic rings. The summed E-state index contributed by atoms with van der Waals surface area (Å²) in [6, 6.07) is 9.55. The summed E-state index contributed by atoms with van der Waals surface area (Å²) in [4.78, 5) is 16.6. The molecule has 1 rings (SSSR count). The molecule has 1 aromatic carbocycles. The lowest BCUT2D eigenvalue weighted by Crippen LogP contribution is -2.38. The van der Waals surface area contributed by atoms with Gasteiger partial charge in [0.05, 0.1) is 13.2 Å². The minimum Gasteiger partial charge on any atom is -0.378 e. The first kappa shape index (κ1) is 19.6. The van der Waals surface area contributed by atoms with Crippen LogP contribution in [0, 0.1) is 0 Å². The molecule has 0 fully saturated rings. The number of likely N-dealkylation sites (N-methyl/N-ethyl adjacent to an activating group) is 2. The van der Waals surface area contributed by atoms with Crippen molar-refractivity contribution in [3.05, 3.63) is 35.9 Å². The largest absolute Gasteiger partial charge is 0.378 e. The third kappa shape index (κ3) is 7.12. The summed E-state index contributed by atoms with van der Waals surface area (Å²) < 4.78 is 5.59. The average molecular weight is 321 g/mol. The Morgan fingerprint density at radius 3 is 2.35 bits per heavy atom. The molecule has 130 valence electrons. The normalized spacial score (nSPS) is 12.6. The summed E-state index contributed by atoms with van der Waals surface area (Å²) in [5.41, 5.74) is 0.998. The van der Waals surface area contributed by atoms with Crippen LogP contribution in [0.2, 0.25) is 0 Å². The highest BCUT2D eigenvalue weighted by Crippen LogP contribution is 2.17. The van der Waals surface area contributed by atoms with Crippen molar-refractivity contribution in [2.24, 2.45) is 0 Å². The predicted octanol–water partition coefficient (Wildman–Crippen LogP) is 1.76. The van der Waals surface area contributed by atoms with E-state index in [9.17, 15) is 4.79 Å². The molecular weight excluding hydrogens is 290 g/mol. The van der Waals surface area contributed by atoms with Crippen LogP contribution < -0.4 is 5.32 Å². The van der Waals surface area contributed by atoms with Crippen LogP contribution in [0.1, 0.15) is 25.5 Å². The van der Waals surface area contributed by atoms with Crippen LogP contribution in [0.25, 0.3) is 0 Å². The van der Waals surface area contributed by atoms with Gasteiger partial charge in [-0.3, -0.25) is 9.69 Å². The van der Waals surface area contributed by atoms with Crippen LogP contribution in [-0.2, 0) is 9.53 Å². The fourth-order valence-electron chi connectivity index (χ4n) is 2.50. The monoisotopic (exact) mass is 321 g/mol. The van der Waals surface area contributed by atoms with E-state index in [0.29, 0.717) is 19.8 Å². The van der Waals surface area contributed by atoms with Gasteiger partial charge in [0, 0.05) is 13.1 Å². The zero-order valence-corrected chi connectivity index (χ0v) is 14.9. The second kappa shape index (κ2) is 11.2. The molecule has 0 heterocycles. The van der Waals surface area contributed by atoms with Crippen LogP contribution >= 0.6 is 0 Å². The fourth-order valence-corrected chi connectivity index (χ4v) is 2.50. The highest BCUT2D eigenvalue weighted by atomic mass is 16.5. The number of hydrogen-bond donors (Lipinski definition) is 1. The Balaban J connectivity index is 2.31. The van der Waals surface area contributed by atoms with Crippen LogP contribution in [0.5, 0.6) is 0 Å². The topological polar surface area (TPSA) is 44.8 Å². The van der Waals surface area contributed by atoms with Gasteiger partial charge in [0.2, 0.25) is 5.91 Å². The first-order valence-corrected chi connectivity index (χ1v) is 8.39. The maximum atomic E-state index is 12.4. The standard InChI is InChI=1S/C18H31N3O2/c1-5-21(6-2)13-15-23-14-12-19-18(22)17(20(3)4)16-10-8-7-9-11-16/h7-11,17H,5-6,12-15H2,1-4H3,(H,19,22). The molecule has 5 heteroatoms. The van der Waals surface area contributed by atoms with Crippen molar-refractivity contribution < 1.29 is 9.53 Å². The van der Waals surface area contributed by atoms with Gasteiger partial charge in [0.25, 0.3) is 0 Å². The molecule has 1 N–H and O–H groups in total. The van der Waals surface area contributed by atoms with Gasteiger partial charge in [-0.15, -0.1) is 0 Å². The van der Waals surface area contributed by atoms with Gasteiger partial charge in [0.1, 0.15) is 6.04 Å². The number of amides is 1. The van der Waals surface area contributed by atoms with Gasteiger partial charge in [-0.2, -0.15) is 0 Å². The Morgan fingerprint density at radius 2 is 1.78 bits per heavy atom. The van der Waals surface area contributed by atoms with Gasteiger partial charge >= 0.3 is 0 Å². The molecule has 0 aliphatic carbocycles. The van der Waals surface area contributed by atoms with Gasteiger partial charge in [-0.05, 0) is 32.7 Å². The van der Waals surface area contributed by atoms with Gasteiger partial charge in [-0.1, -0.05) is 44.2 Å². The number of ether oxygens (including phenoxy) is 1. The summed E-state index contributed by atoms with van der Waals surface area (Å²) in [6.45, 7) is 9.09. The molecule has 0 saturated carbocycles. The maximum absolute atomic E-state index is 12.4. The van der Waals surface area contributed by atoms with E-state index in [1.165, 1.54) is 0 Å². The number of nitrogens with zero attached hydrogens (tertiary/aromatic N) is 2.